The van der Waals surface area contributed by atoms with E-state index in [4.69, 9.17) is 0 Å². The molecular weight excluding hydrogens is 233 g/mol. The number of carbonyl (C=O) groups is 1. The molecule has 0 saturated carbocycles. The summed E-state index contributed by atoms with van der Waals surface area (Å²) in [6.07, 6.45) is 0. The number of nitrogens with zero attached hydrogens (tertiary/aromatic N) is 1. The fourth-order valence-corrected chi connectivity index (χ4v) is 2.27. The molecule has 1 heterocycles. The van der Waals surface area contributed by atoms with Gasteiger partial charge in [-0.15, -0.1) is 0 Å². The van der Waals surface area contributed by atoms with Crippen LogP contribution in [0.5, 0.6) is 0 Å². The first-order chi connectivity index (χ1) is 8.59. The molecule has 1 aromatic rings. The zero-order valence-electron chi connectivity index (χ0n) is 10.6. The molecule has 0 aromatic heterocycles. The molecule has 2 amide bonds. The van der Waals surface area contributed by atoms with Gasteiger partial charge in [0.05, 0.1) is 5.69 Å². The Balaban J connectivity index is 2.09. The fourth-order valence-electron chi connectivity index (χ4n) is 2.27. The Labute approximate surface area is 106 Å². The Bertz CT molecular complexity index is 428. The molecule has 1 aliphatic heterocycles. The van der Waals surface area contributed by atoms with Gasteiger partial charge in [-0.25, -0.2) is 9.18 Å². The fraction of sp³-hybridized carbons (Fsp3) is 0.462. The number of anilines is 1. The number of urea groups is 1. The van der Waals surface area contributed by atoms with Crippen LogP contribution in [0.15, 0.2) is 24.3 Å². The van der Waals surface area contributed by atoms with Crippen molar-refractivity contribution in [2.75, 3.05) is 18.4 Å². The van der Waals surface area contributed by atoms with Crippen molar-refractivity contribution < 1.29 is 9.18 Å². The molecule has 0 radical (unpaired) electrons. The van der Waals surface area contributed by atoms with E-state index in [1.807, 2.05) is 13.8 Å². The van der Waals surface area contributed by atoms with Crippen molar-refractivity contribution in [2.45, 2.75) is 25.9 Å². The average Bonchev–Trinajstić information content (AvgIpc) is 2.32. The minimum absolute atomic E-state index is 0.0977. The lowest BCUT2D eigenvalue weighted by Gasteiger charge is -2.39. The quantitative estimate of drug-likeness (QED) is 0.802. The Morgan fingerprint density at radius 1 is 1.33 bits per heavy atom. The topological polar surface area (TPSA) is 44.4 Å². The molecule has 2 unspecified atom stereocenters. The normalized spacial score (nSPS) is 23.8. The molecule has 4 nitrogen and oxygen atoms in total. The van der Waals surface area contributed by atoms with Gasteiger partial charge in [0.2, 0.25) is 0 Å². The van der Waals surface area contributed by atoms with E-state index in [0.29, 0.717) is 0 Å². The lowest BCUT2D eigenvalue weighted by atomic mass is 10.1. The lowest BCUT2D eigenvalue weighted by Crippen LogP contribution is -2.58. The van der Waals surface area contributed by atoms with Crippen molar-refractivity contribution in [2.24, 2.45) is 0 Å². The van der Waals surface area contributed by atoms with Gasteiger partial charge in [-0.1, -0.05) is 12.1 Å². The third-order valence-corrected chi connectivity index (χ3v) is 3.18. The summed E-state index contributed by atoms with van der Waals surface area (Å²) in [5.74, 6) is -0.415. The van der Waals surface area contributed by atoms with E-state index in [1.165, 1.54) is 6.07 Å². The van der Waals surface area contributed by atoms with Crippen molar-refractivity contribution in [3.63, 3.8) is 0 Å². The first-order valence-corrected chi connectivity index (χ1v) is 6.14. The summed E-state index contributed by atoms with van der Waals surface area (Å²) < 4.78 is 13.5. The van der Waals surface area contributed by atoms with E-state index in [9.17, 15) is 9.18 Å². The molecule has 2 atom stereocenters. The zero-order chi connectivity index (χ0) is 13.1. The van der Waals surface area contributed by atoms with E-state index in [0.717, 1.165) is 13.1 Å². The molecule has 5 heteroatoms. The molecule has 2 rings (SSSR count). The summed E-state index contributed by atoms with van der Waals surface area (Å²) in [7, 11) is 0. The summed E-state index contributed by atoms with van der Waals surface area (Å²) in [6, 6.07) is 6.14. The third-order valence-electron chi connectivity index (χ3n) is 3.18. The largest absolute Gasteiger partial charge is 0.322 e. The van der Waals surface area contributed by atoms with Gasteiger partial charge < -0.3 is 15.5 Å². The molecule has 0 bridgehead atoms. The maximum Gasteiger partial charge on any atom is 0.322 e. The number of piperazine rings is 1. The van der Waals surface area contributed by atoms with Gasteiger partial charge in [0.25, 0.3) is 0 Å². The van der Waals surface area contributed by atoms with E-state index in [2.05, 4.69) is 10.6 Å². The molecule has 0 aliphatic carbocycles. The maximum absolute atomic E-state index is 13.5. The van der Waals surface area contributed by atoms with Crippen LogP contribution in [0.3, 0.4) is 0 Å². The predicted octanol–water partition coefficient (Wildman–Crippen LogP) is 2.04. The number of rotatable bonds is 1. The highest BCUT2D eigenvalue weighted by atomic mass is 19.1. The van der Waals surface area contributed by atoms with Gasteiger partial charge in [-0.2, -0.15) is 0 Å². The number of nitrogens with one attached hydrogen (secondary N) is 2. The molecule has 1 aliphatic rings. The van der Waals surface area contributed by atoms with Gasteiger partial charge in [-0.3, -0.25) is 0 Å². The van der Waals surface area contributed by atoms with Gasteiger partial charge in [0.1, 0.15) is 5.82 Å². The standard InChI is InChI=1S/C13H18FN3O/c1-9-7-15-8-10(2)17(9)13(18)16-12-6-4-3-5-11(12)14/h3-6,9-10,15H,7-8H2,1-2H3,(H,16,18). The Morgan fingerprint density at radius 3 is 2.56 bits per heavy atom. The highest BCUT2D eigenvalue weighted by Gasteiger charge is 2.29. The SMILES string of the molecule is CC1CNCC(C)N1C(=O)Nc1ccccc1F. The van der Waals surface area contributed by atoms with Crippen molar-refractivity contribution in [1.29, 1.82) is 0 Å². The smallest absolute Gasteiger partial charge is 0.317 e. The summed E-state index contributed by atoms with van der Waals surface area (Å²) >= 11 is 0. The number of hydrogen-bond donors (Lipinski definition) is 2. The van der Waals surface area contributed by atoms with Crippen LogP contribution in [0.1, 0.15) is 13.8 Å². The molecule has 2 N–H and O–H groups in total. The van der Waals surface area contributed by atoms with Gasteiger partial charge >= 0.3 is 6.03 Å². The molecule has 1 saturated heterocycles. The van der Waals surface area contributed by atoms with Crippen LogP contribution in [0.2, 0.25) is 0 Å². The number of carbonyl (C=O) groups excluding carboxylic acids is 1. The highest BCUT2D eigenvalue weighted by Crippen LogP contribution is 2.16. The number of benzene rings is 1. The third kappa shape index (κ3) is 2.61. The number of amides is 2. The van der Waals surface area contributed by atoms with E-state index in [-0.39, 0.29) is 23.8 Å². The second-order valence-electron chi connectivity index (χ2n) is 4.67. The van der Waals surface area contributed by atoms with Crippen LogP contribution in [0.25, 0.3) is 0 Å². The van der Waals surface area contributed by atoms with Gasteiger partial charge in [-0.05, 0) is 26.0 Å². The Hall–Kier alpha value is -1.62. The summed E-state index contributed by atoms with van der Waals surface area (Å²) in [5, 5.41) is 5.87. The van der Waals surface area contributed by atoms with Crippen LogP contribution >= 0.6 is 0 Å². The molecule has 1 aromatic carbocycles. The first-order valence-electron chi connectivity index (χ1n) is 6.14. The summed E-state index contributed by atoms with van der Waals surface area (Å²) in [6.45, 7) is 5.47. The Morgan fingerprint density at radius 2 is 1.94 bits per heavy atom. The number of para-hydroxylation sites is 1. The van der Waals surface area contributed by atoms with Crippen LogP contribution in [-0.4, -0.2) is 36.1 Å². The molecule has 18 heavy (non-hydrogen) atoms. The zero-order valence-corrected chi connectivity index (χ0v) is 10.6. The van der Waals surface area contributed by atoms with Crippen molar-refractivity contribution in [1.82, 2.24) is 10.2 Å². The van der Waals surface area contributed by atoms with Crippen molar-refractivity contribution in [3.05, 3.63) is 30.1 Å². The van der Waals surface area contributed by atoms with Crippen LogP contribution in [0.4, 0.5) is 14.9 Å². The second-order valence-corrected chi connectivity index (χ2v) is 4.67. The summed E-state index contributed by atoms with van der Waals surface area (Å²) in [5.41, 5.74) is 0.223. The maximum atomic E-state index is 13.5. The van der Waals surface area contributed by atoms with Crippen LogP contribution in [0, 0.1) is 5.82 Å². The highest BCUT2D eigenvalue weighted by molar-refractivity contribution is 5.90. The van der Waals surface area contributed by atoms with Crippen molar-refractivity contribution in [3.8, 4) is 0 Å². The molecule has 1 fully saturated rings. The van der Waals surface area contributed by atoms with Gasteiger partial charge in [0, 0.05) is 25.2 Å². The van der Waals surface area contributed by atoms with Crippen LogP contribution < -0.4 is 10.6 Å². The molecule has 98 valence electrons. The van der Waals surface area contributed by atoms with E-state index < -0.39 is 5.82 Å². The minimum atomic E-state index is -0.415. The van der Waals surface area contributed by atoms with E-state index >= 15 is 0 Å². The lowest BCUT2D eigenvalue weighted by molar-refractivity contribution is 0.143. The first kappa shape index (κ1) is 12.8. The average molecular weight is 251 g/mol. The molecular formula is C13H18FN3O. The van der Waals surface area contributed by atoms with E-state index in [1.54, 1.807) is 23.1 Å². The monoisotopic (exact) mass is 251 g/mol. The van der Waals surface area contributed by atoms with Gasteiger partial charge in [0.15, 0.2) is 0 Å². The van der Waals surface area contributed by atoms with Crippen molar-refractivity contribution >= 4 is 11.7 Å². The minimum Gasteiger partial charge on any atom is -0.317 e. The molecule has 0 spiro atoms. The Kier molecular flexibility index (Phi) is 3.81. The number of halogens is 1. The summed E-state index contributed by atoms with van der Waals surface area (Å²) in [4.78, 5) is 13.9. The van der Waals surface area contributed by atoms with Crippen LogP contribution in [-0.2, 0) is 0 Å². The number of hydrogen-bond acceptors (Lipinski definition) is 2. The predicted molar refractivity (Wildman–Crippen MR) is 69.1 cm³/mol. The second kappa shape index (κ2) is 5.35.